The van der Waals surface area contributed by atoms with Crippen LogP contribution in [-0.4, -0.2) is 25.6 Å². The van der Waals surface area contributed by atoms with E-state index in [0.29, 0.717) is 19.8 Å². The largest absolute Gasteiger partial charge is 0.493 e. The number of ether oxygens (including phenoxy) is 3. The van der Waals surface area contributed by atoms with Crippen LogP contribution < -0.4 is 4.74 Å². The lowest BCUT2D eigenvalue weighted by atomic mass is 10.2. The highest BCUT2D eigenvalue weighted by molar-refractivity contribution is 5.28. The highest BCUT2D eigenvalue weighted by Crippen LogP contribution is 2.23. The molecule has 0 amide bonds. The van der Waals surface area contributed by atoms with Crippen LogP contribution in [-0.2, 0) is 15.9 Å². The summed E-state index contributed by atoms with van der Waals surface area (Å²) in [4.78, 5) is 0. The second-order valence-corrected chi connectivity index (χ2v) is 4.43. The van der Waals surface area contributed by atoms with Gasteiger partial charge in [-0.1, -0.05) is 19.1 Å². The normalized spacial score (nSPS) is 18.2. The first kappa shape index (κ1) is 12.4. The van der Waals surface area contributed by atoms with Crippen LogP contribution in [0.25, 0.3) is 0 Å². The van der Waals surface area contributed by atoms with Crippen LogP contribution in [0.3, 0.4) is 0 Å². The van der Waals surface area contributed by atoms with Crippen molar-refractivity contribution in [3.05, 3.63) is 29.8 Å². The zero-order valence-electron chi connectivity index (χ0n) is 10.6. The summed E-state index contributed by atoms with van der Waals surface area (Å²) in [6, 6.07) is 8.20. The van der Waals surface area contributed by atoms with Gasteiger partial charge in [0.1, 0.15) is 5.75 Å². The van der Waals surface area contributed by atoms with Crippen molar-refractivity contribution in [2.45, 2.75) is 32.5 Å². The molecular weight excluding hydrogens is 216 g/mol. The lowest BCUT2D eigenvalue weighted by Gasteiger charge is -2.22. The quantitative estimate of drug-likeness (QED) is 0.786. The van der Waals surface area contributed by atoms with Crippen molar-refractivity contribution < 1.29 is 14.2 Å². The van der Waals surface area contributed by atoms with Gasteiger partial charge in [0.25, 0.3) is 0 Å². The van der Waals surface area contributed by atoms with E-state index in [1.165, 1.54) is 5.56 Å². The minimum atomic E-state index is -0.456. The molecule has 0 bridgehead atoms. The van der Waals surface area contributed by atoms with Crippen LogP contribution in [0.15, 0.2) is 24.3 Å². The van der Waals surface area contributed by atoms with Crippen molar-refractivity contribution in [2.75, 3.05) is 19.8 Å². The number of hydrogen-bond donors (Lipinski definition) is 0. The third-order valence-corrected chi connectivity index (χ3v) is 3.03. The molecule has 1 aromatic carbocycles. The molecule has 0 saturated carbocycles. The van der Waals surface area contributed by atoms with Crippen molar-refractivity contribution in [1.82, 2.24) is 0 Å². The fourth-order valence-electron chi connectivity index (χ4n) is 1.91. The fraction of sp³-hybridized carbons (Fsp3) is 0.571. The van der Waals surface area contributed by atoms with E-state index in [4.69, 9.17) is 14.2 Å². The van der Waals surface area contributed by atoms with E-state index in [0.717, 1.165) is 18.6 Å². The van der Waals surface area contributed by atoms with E-state index >= 15 is 0 Å². The first-order valence-corrected chi connectivity index (χ1v) is 6.21. The third-order valence-electron chi connectivity index (χ3n) is 3.03. The minimum Gasteiger partial charge on any atom is -0.493 e. The number of aryl methyl sites for hydroxylation is 1. The highest BCUT2D eigenvalue weighted by atomic mass is 16.7. The maximum absolute atomic E-state index is 5.72. The van der Waals surface area contributed by atoms with E-state index in [9.17, 15) is 0 Å². The minimum absolute atomic E-state index is 0.456. The molecule has 3 nitrogen and oxygen atoms in total. The van der Waals surface area contributed by atoms with Gasteiger partial charge in [0.2, 0.25) is 0 Å². The molecule has 2 rings (SSSR count). The smallest absolute Gasteiger partial charge is 0.168 e. The predicted molar refractivity (Wildman–Crippen MR) is 66.2 cm³/mol. The molecule has 1 heterocycles. The Morgan fingerprint density at radius 3 is 2.76 bits per heavy atom. The number of rotatable bonds is 5. The van der Waals surface area contributed by atoms with Gasteiger partial charge in [-0.05, 0) is 31.0 Å². The molecule has 0 unspecified atom stereocenters. The molecule has 0 spiro atoms. The molecule has 0 aromatic heterocycles. The Bertz CT molecular complexity index is 356. The number of benzene rings is 1. The van der Waals surface area contributed by atoms with E-state index in [1.807, 2.05) is 19.1 Å². The van der Waals surface area contributed by atoms with E-state index in [1.54, 1.807) is 0 Å². The molecule has 17 heavy (non-hydrogen) atoms. The van der Waals surface area contributed by atoms with Crippen LogP contribution in [0.5, 0.6) is 5.75 Å². The molecule has 0 atom stereocenters. The topological polar surface area (TPSA) is 27.7 Å². The summed E-state index contributed by atoms with van der Waals surface area (Å²) in [7, 11) is 0. The Kier molecular flexibility index (Phi) is 4.02. The number of hydrogen-bond acceptors (Lipinski definition) is 3. The average Bonchev–Trinajstić information content (AvgIpc) is 2.77. The Morgan fingerprint density at radius 2 is 2.06 bits per heavy atom. The van der Waals surface area contributed by atoms with Gasteiger partial charge in [-0.2, -0.15) is 0 Å². The molecule has 0 radical (unpaired) electrons. The van der Waals surface area contributed by atoms with Crippen molar-refractivity contribution >= 4 is 0 Å². The summed E-state index contributed by atoms with van der Waals surface area (Å²) in [6.07, 6.45) is 1.78. The maximum atomic E-state index is 5.72. The zero-order valence-corrected chi connectivity index (χ0v) is 10.6. The Balaban J connectivity index is 1.81. The van der Waals surface area contributed by atoms with Gasteiger partial charge < -0.3 is 14.2 Å². The second kappa shape index (κ2) is 5.52. The van der Waals surface area contributed by atoms with Gasteiger partial charge in [-0.3, -0.25) is 0 Å². The molecule has 94 valence electrons. The fourth-order valence-corrected chi connectivity index (χ4v) is 1.91. The van der Waals surface area contributed by atoms with Gasteiger partial charge in [0.05, 0.1) is 19.8 Å². The van der Waals surface area contributed by atoms with Crippen molar-refractivity contribution in [3.8, 4) is 5.75 Å². The summed E-state index contributed by atoms with van der Waals surface area (Å²) in [5.74, 6) is 0.466. The van der Waals surface area contributed by atoms with Crippen LogP contribution >= 0.6 is 0 Å². The van der Waals surface area contributed by atoms with E-state index in [-0.39, 0.29) is 0 Å². The first-order valence-electron chi connectivity index (χ1n) is 6.21. The average molecular weight is 236 g/mol. The SMILES string of the molecule is CCc1cccc(OCCC2(C)OCCO2)c1. The molecule has 3 heteroatoms. The third kappa shape index (κ3) is 3.45. The molecule has 1 fully saturated rings. The molecule has 1 aliphatic rings. The summed E-state index contributed by atoms with van der Waals surface area (Å²) >= 11 is 0. The van der Waals surface area contributed by atoms with E-state index < -0.39 is 5.79 Å². The molecule has 1 saturated heterocycles. The molecule has 0 N–H and O–H groups in total. The Hall–Kier alpha value is -1.06. The summed E-state index contributed by atoms with van der Waals surface area (Å²) in [6.45, 7) is 6.08. The zero-order chi connectivity index (χ0) is 12.1. The monoisotopic (exact) mass is 236 g/mol. The summed E-state index contributed by atoms with van der Waals surface area (Å²) < 4.78 is 16.8. The second-order valence-electron chi connectivity index (χ2n) is 4.43. The van der Waals surface area contributed by atoms with Gasteiger partial charge in [-0.25, -0.2) is 0 Å². The lowest BCUT2D eigenvalue weighted by Crippen LogP contribution is -2.27. The highest BCUT2D eigenvalue weighted by Gasteiger charge is 2.30. The standard InChI is InChI=1S/C14H20O3/c1-3-12-5-4-6-13(11-12)15-8-7-14(2)16-9-10-17-14/h4-6,11H,3,7-10H2,1-2H3. The van der Waals surface area contributed by atoms with Crippen molar-refractivity contribution in [3.63, 3.8) is 0 Å². The maximum Gasteiger partial charge on any atom is 0.168 e. The van der Waals surface area contributed by atoms with Crippen molar-refractivity contribution in [2.24, 2.45) is 0 Å². The van der Waals surface area contributed by atoms with Gasteiger partial charge >= 0.3 is 0 Å². The van der Waals surface area contributed by atoms with Gasteiger partial charge in [0, 0.05) is 6.42 Å². The first-order chi connectivity index (χ1) is 8.22. The molecule has 1 aromatic rings. The van der Waals surface area contributed by atoms with Gasteiger partial charge in [-0.15, -0.1) is 0 Å². The van der Waals surface area contributed by atoms with Crippen molar-refractivity contribution in [1.29, 1.82) is 0 Å². The predicted octanol–water partition coefficient (Wildman–Crippen LogP) is 2.78. The lowest BCUT2D eigenvalue weighted by molar-refractivity contribution is -0.150. The van der Waals surface area contributed by atoms with E-state index in [2.05, 4.69) is 19.1 Å². The van der Waals surface area contributed by atoms with Crippen LogP contribution in [0.2, 0.25) is 0 Å². The summed E-state index contributed by atoms with van der Waals surface area (Å²) in [5.41, 5.74) is 1.29. The summed E-state index contributed by atoms with van der Waals surface area (Å²) in [5, 5.41) is 0. The van der Waals surface area contributed by atoms with Gasteiger partial charge in [0.15, 0.2) is 5.79 Å². The van der Waals surface area contributed by atoms with Crippen LogP contribution in [0.4, 0.5) is 0 Å². The Labute approximate surface area is 103 Å². The van der Waals surface area contributed by atoms with Crippen LogP contribution in [0, 0.1) is 0 Å². The Morgan fingerprint density at radius 1 is 1.29 bits per heavy atom. The van der Waals surface area contributed by atoms with Crippen LogP contribution in [0.1, 0.15) is 25.8 Å². The molecule has 0 aliphatic carbocycles. The molecular formula is C14H20O3. The molecule has 1 aliphatic heterocycles.